The molecule has 3 nitrogen and oxygen atoms in total. The highest BCUT2D eigenvalue weighted by Crippen LogP contribution is 2.33. The fourth-order valence-electron chi connectivity index (χ4n) is 1.60. The summed E-state index contributed by atoms with van der Waals surface area (Å²) >= 11 is 0. The van der Waals surface area contributed by atoms with E-state index in [4.69, 9.17) is 4.74 Å². The molecule has 0 fully saturated rings. The van der Waals surface area contributed by atoms with E-state index < -0.39 is 5.82 Å². The topological polar surface area (TPSA) is 38.3 Å². The number of carbonyl (C=O) groups excluding carboxylic acids is 1. The molecule has 0 radical (unpaired) electrons. The number of rotatable bonds is 1. The van der Waals surface area contributed by atoms with Crippen molar-refractivity contribution in [1.82, 2.24) is 0 Å². The molecular weight excluding hydrogens is 185 g/mol. The number of fused-ring (bicyclic) bond motifs is 1. The molecule has 1 N–H and O–H groups in total. The van der Waals surface area contributed by atoms with E-state index in [-0.39, 0.29) is 11.3 Å². The SMILES string of the molecule is COc1ccc(F)c2c1NCCC2=O. The van der Waals surface area contributed by atoms with Gasteiger partial charge in [-0.3, -0.25) is 4.79 Å². The van der Waals surface area contributed by atoms with E-state index in [1.165, 1.54) is 19.2 Å². The molecule has 1 aliphatic heterocycles. The monoisotopic (exact) mass is 195 g/mol. The second kappa shape index (κ2) is 3.29. The number of Topliss-reactive ketones (excluding diaryl/α,β-unsaturated/α-hetero) is 1. The van der Waals surface area contributed by atoms with Crippen LogP contribution in [0.3, 0.4) is 0 Å². The largest absolute Gasteiger partial charge is 0.495 e. The van der Waals surface area contributed by atoms with E-state index in [2.05, 4.69) is 5.32 Å². The highest BCUT2D eigenvalue weighted by atomic mass is 19.1. The van der Waals surface area contributed by atoms with Crippen LogP contribution in [0.25, 0.3) is 0 Å². The molecule has 1 heterocycles. The standard InChI is InChI=1S/C10H10FNO2/c1-14-8-3-2-6(11)9-7(13)4-5-12-10(8)9/h2-3,12H,4-5H2,1H3. The molecular formula is C10H10FNO2. The zero-order chi connectivity index (χ0) is 10.1. The number of hydrogen-bond donors (Lipinski definition) is 1. The van der Waals surface area contributed by atoms with Crippen molar-refractivity contribution in [3.63, 3.8) is 0 Å². The Bertz CT molecular complexity index is 390. The third-order valence-electron chi connectivity index (χ3n) is 2.27. The predicted octanol–water partition coefficient (Wildman–Crippen LogP) is 1.83. The van der Waals surface area contributed by atoms with Gasteiger partial charge in [0.1, 0.15) is 11.6 Å². The number of hydrogen-bond acceptors (Lipinski definition) is 3. The maximum absolute atomic E-state index is 13.3. The van der Waals surface area contributed by atoms with E-state index in [0.717, 1.165) is 0 Å². The van der Waals surface area contributed by atoms with Crippen LogP contribution in [0.4, 0.5) is 10.1 Å². The Morgan fingerprint density at radius 2 is 2.29 bits per heavy atom. The molecule has 0 aromatic heterocycles. The highest BCUT2D eigenvalue weighted by Gasteiger charge is 2.23. The van der Waals surface area contributed by atoms with E-state index in [1.54, 1.807) is 0 Å². The first-order chi connectivity index (χ1) is 6.74. The number of anilines is 1. The lowest BCUT2D eigenvalue weighted by Crippen LogP contribution is -2.20. The molecule has 0 unspecified atom stereocenters. The van der Waals surface area contributed by atoms with Gasteiger partial charge in [0.25, 0.3) is 0 Å². The highest BCUT2D eigenvalue weighted by molar-refractivity contribution is 6.04. The number of benzene rings is 1. The van der Waals surface area contributed by atoms with Crippen LogP contribution in [0.5, 0.6) is 5.75 Å². The summed E-state index contributed by atoms with van der Waals surface area (Å²) in [5, 5.41) is 2.97. The minimum atomic E-state index is -0.488. The van der Waals surface area contributed by atoms with Gasteiger partial charge in [0, 0.05) is 13.0 Å². The van der Waals surface area contributed by atoms with Crippen molar-refractivity contribution in [3.05, 3.63) is 23.5 Å². The minimum Gasteiger partial charge on any atom is -0.495 e. The Morgan fingerprint density at radius 3 is 3.00 bits per heavy atom. The van der Waals surface area contributed by atoms with Crippen molar-refractivity contribution in [2.45, 2.75) is 6.42 Å². The van der Waals surface area contributed by atoms with Crippen LogP contribution < -0.4 is 10.1 Å². The molecule has 14 heavy (non-hydrogen) atoms. The predicted molar refractivity (Wildman–Crippen MR) is 50.4 cm³/mol. The average Bonchev–Trinajstić information content (AvgIpc) is 2.18. The van der Waals surface area contributed by atoms with Gasteiger partial charge in [0.15, 0.2) is 5.78 Å². The molecule has 0 spiro atoms. The third kappa shape index (κ3) is 1.23. The Labute approximate surface area is 80.9 Å². The first kappa shape index (κ1) is 8.99. The first-order valence-corrected chi connectivity index (χ1v) is 4.37. The van der Waals surface area contributed by atoms with Crippen molar-refractivity contribution < 1.29 is 13.9 Å². The normalized spacial score (nSPS) is 14.6. The van der Waals surface area contributed by atoms with Gasteiger partial charge in [-0.25, -0.2) is 4.39 Å². The molecule has 4 heteroatoms. The zero-order valence-electron chi connectivity index (χ0n) is 7.76. The zero-order valence-corrected chi connectivity index (χ0v) is 7.76. The summed E-state index contributed by atoms with van der Waals surface area (Å²) in [7, 11) is 1.49. The molecule has 1 aliphatic rings. The first-order valence-electron chi connectivity index (χ1n) is 4.37. The van der Waals surface area contributed by atoms with E-state index in [1.807, 2.05) is 0 Å². The summed E-state index contributed by atoms with van der Waals surface area (Å²) in [6, 6.07) is 2.77. The lowest BCUT2D eigenvalue weighted by Gasteiger charge is -2.19. The summed E-state index contributed by atoms with van der Waals surface area (Å²) in [5.41, 5.74) is 0.597. The van der Waals surface area contributed by atoms with E-state index >= 15 is 0 Å². The molecule has 0 saturated carbocycles. The molecule has 0 saturated heterocycles. The van der Waals surface area contributed by atoms with Gasteiger partial charge in [-0.2, -0.15) is 0 Å². The molecule has 1 aromatic rings. The van der Waals surface area contributed by atoms with Crippen molar-refractivity contribution in [2.75, 3.05) is 19.0 Å². The van der Waals surface area contributed by atoms with Gasteiger partial charge in [-0.05, 0) is 12.1 Å². The summed E-state index contributed by atoms with van der Waals surface area (Å²) in [4.78, 5) is 11.4. The maximum atomic E-state index is 13.3. The van der Waals surface area contributed by atoms with Gasteiger partial charge in [0.2, 0.25) is 0 Å². The molecule has 74 valence electrons. The van der Waals surface area contributed by atoms with Crippen LogP contribution in [0.15, 0.2) is 12.1 Å². The molecule has 2 rings (SSSR count). The van der Waals surface area contributed by atoms with Gasteiger partial charge in [0.05, 0.1) is 18.4 Å². The van der Waals surface area contributed by atoms with Gasteiger partial charge in [-0.15, -0.1) is 0 Å². The Hall–Kier alpha value is -1.58. The minimum absolute atomic E-state index is 0.121. The van der Waals surface area contributed by atoms with Crippen LogP contribution in [0.1, 0.15) is 16.8 Å². The number of methoxy groups -OCH3 is 1. The molecule has 0 atom stereocenters. The molecule has 0 bridgehead atoms. The van der Waals surface area contributed by atoms with Crippen molar-refractivity contribution in [1.29, 1.82) is 0 Å². The lowest BCUT2D eigenvalue weighted by atomic mass is 10.0. The number of ether oxygens (including phenoxy) is 1. The van der Waals surface area contributed by atoms with Crippen LogP contribution in [0.2, 0.25) is 0 Å². The van der Waals surface area contributed by atoms with Crippen molar-refractivity contribution in [2.24, 2.45) is 0 Å². The molecule has 1 aromatic carbocycles. The van der Waals surface area contributed by atoms with Crippen LogP contribution in [-0.2, 0) is 0 Å². The second-order valence-electron chi connectivity index (χ2n) is 3.10. The fourth-order valence-corrected chi connectivity index (χ4v) is 1.60. The van der Waals surface area contributed by atoms with Crippen LogP contribution >= 0.6 is 0 Å². The smallest absolute Gasteiger partial charge is 0.169 e. The fraction of sp³-hybridized carbons (Fsp3) is 0.300. The van der Waals surface area contributed by atoms with Crippen LogP contribution in [0, 0.1) is 5.82 Å². The van der Waals surface area contributed by atoms with Crippen LogP contribution in [-0.4, -0.2) is 19.4 Å². The summed E-state index contributed by atoms with van der Waals surface area (Å²) in [5.74, 6) is -0.150. The van der Waals surface area contributed by atoms with Crippen molar-refractivity contribution in [3.8, 4) is 5.75 Å². The maximum Gasteiger partial charge on any atom is 0.169 e. The Balaban J connectivity index is 2.63. The number of carbonyl (C=O) groups is 1. The van der Waals surface area contributed by atoms with E-state index in [0.29, 0.717) is 24.4 Å². The summed E-state index contributed by atoms with van der Waals surface area (Å²) in [6.45, 7) is 0.533. The van der Waals surface area contributed by atoms with Crippen molar-refractivity contribution >= 4 is 11.5 Å². The summed E-state index contributed by atoms with van der Waals surface area (Å²) < 4.78 is 18.4. The van der Waals surface area contributed by atoms with Gasteiger partial charge in [-0.1, -0.05) is 0 Å². The van der Waals surface area contributed by atoms with E-state index in [9.17, 15) is 9.18 Å². The summed E-state index contributed by atoms with van der Waals surface area (Å²) in [6.07, 6.45) is 0.330. The molecule has 0 aliphatic carbocycles. The lowest BCUT2D eigenvalue weighted by molar-refractivity contribution is 0.0979. The quantitative estimate of drug-likeness (QED) is 0.743. The molecule has 0 amide bonds. The number of ketones is 1. The third-order valence-corrected chi connectivity index (χ3v) is 2.27. The Kier molecular flexibility index (Phi) is 2.11. The van der Waals surface area contributed by atoms with Gasteiger partial charge >= 0.3 is 0 Å². The van der Waals surface area contributed by atoms with Gasteiger partial charge < -0.3 is 10.1 Å². The number of nitrogens with one attached hydrogen (secondary N) is 1. The Morgan fingerprint density at radius 1 is 1.50 bits per heavy atom. The number of halogens is 1. The second-order valence-corrected chi connectivity index (χ2v) is 3.10. The average molecular weight is 195 g/mol.